The highest BCUT2D eigenvalue weighted by molar-refractivity contribution is 5.80. The Morgan fingerprint density at radius 1 is 1.04 bits per heavy atom. The fourth-order valence-corrected chi connectivity index (χ4v) is 3.38. The van der Waals surface area contributed by atoms with E-state index in [1.807, 2.05) is 30.3 Å². The van der Waals surface area contributed by atoms with Crippen LogP contribution < -0.4 is 10.1 Å². The second kappa shape index (κ2) is 10.7. The molecule has 0 amide bonds. The van der Waals surface area contributed by atoms with E-state index >= 15 is 0 Å². The fraction of sp³-hybridized carbons (Fsp3) is 0.435. The number of likely N-dealkylation sites (tertiary alicyclic amines) is 1. The van der Waals surface area contributed by atoms with Gasteiger partial charge < -0.3 is 19.7 Å². The van der Waals surface area contributed by atoms with E-state index in [1.54, 1.807) is 7.11 Å². The predicted octanol–water partition coefficient (Wildman–Crippen LogP) is 3.84. The second-order valence-corrected chi connectivity index (χ2v) is 7.04. The molecule has 2 aromatic carbocycles. The Balaban J connectivity index is 1.54. The lowest BCUT2D eigenvalue weighted by molar-refractivity contribution is 0.129. The molecule has 2 aromatic rings. The molecule has 1 aliphatic rings. The largest absolute Gasteiger partial charge is 0.490 e. The number of methoxy groups -OCH3 is 1. The number of ether oxygens (including phenoxy) is 2. The highest BCUT2D eigenvalue weighted by atomic mass is 16.5. The zero-order valence-electron chi connectivity index (χ0n) is 16.9. The lowest BCUT2D eigenvalue weighted by atomic mass is 10.1. The van der Waals surface area contributed by atoms with Gasteiger partial charge in [0.2, 0.25) is 0 Å². The third kappa shape index (κ3) is 5.99. The second-order valence-electron chi connectivity index (χ2n) is 7.04. The molecule has 150 valence electrons. The summed E-state index contributed by atoms with van der Waals surface area (Å²) in [5, 5.41) is 3.43. The fourth-order valence-electron chi connectivity index (χ4n) is 3.38. The smallest absolute Gasteiger partial charge is 0.194 e. The Kier molecular flexibility index (Phi) is 7.73. The monoisotopic (exact) mass is 381 g/mol. The molecule has 0 atom stereocenters. The molecule has 0 aromatic heterocycles. The van der Waals surface area contributed by atoms with Crippen molar-refractivity contribution in [3.63, 3.8) is 0 Å². The van der Waals surface area contributed by atoms with Crippen molar-refractivity contribution in [1.29, 1.82) is 0 Å². The number of nitrogens with zero attached hydrogens (tertiary/aromatic N) is 2. The van der Waals surface area contributed by atoms with Crippen LogP contribution in [0.3, 0.4) is 0 Å². The number of nitrogens with one attached hydrogen (secondary N) is 1. The van der Waals surface area contributed by atoms with Crippen LogP contribution in [0.5, 0.6) is 5.75 Å². The summed E-state index contributed by atoms with van der Waals surface area (Å²) in [4.78, 5) is 7.19. The molecule has 5 nitrogen and oxygen atoms in total. The highest BCUT2D eigenvalue weighted by Gasteiger charge is 2.22. The van der Waals surface area contributed by atoms with Crippen molar-refractivity contribution in [3.8, 4) is 5.75 Å². The van der Waals surface area contributed by atoms with Crippen LogP contribution in [0.2, 0.25) is 0 Å². The Hall–Kier alpha value is -2.53. The van der Waals surface area contributed by atoms with E-state index in [-0.39, 0.29) is 6.10 Å². The SMILES string of the molecule is CCNC(=NCc1ccc(COC)cc1)N1CCC(Oc2ccccc2)CC1. The van der Waals surface area contributed by atoms with Gasteiger partial charge in [-0.1, -0.05) is 42.5 Å². The van der Waals surface area contributed by atoms with Crippen molar-refractivity contribution in [2.75, 3.05) is 26.7 Å². The maximum atomic E-state index is 6.11. The zero-order valence-corrected chi connectivity index (χ0v) is 16.9. The molecule has 1 saturated heterocycles. The van der Waals surface area contributed by atoms with E-state index in [9.17, 15) is 0 Å². The van der Waals surface area contributed by atoms with E-state index in [2.05, 4.69) is 41.4 Å². The van der Waals surface area contributed by atoms with Crippen molar-refractivity contribution in [3.05, 3.63) is 65.7 Å². The first-order chi connectivity index (χ1) is 13.8. The van der Waals surface area contributed by atoms with Crippen LogP contribution in [-0.2, 0) is 17.9 Å². The van der Waals surface area contributed by atoms with E-state index < -0.39 is 0 Å². The van der Waals surface area contributed by atoms with Crippen LogP contribution >= 0.6 is 0 Å². The van der Waals surface area contributed by atoms with Crippen molar-refractivity contribution in [1.82, 2.24) is 10.2 Å². The summed E-state index contributed by atoms with van der Waals surface area (Å²) in [7, 11) is 1.72. The number of aliphatic imine (C=N–C) groups is 1. The lowest BCUT2D eigenvalue weighted by Crippen LogP contribution is -2.47. The van der Waals surface area contributed by atoms with Gasteiger partial charge in [-0.2, -0.15) is 0 Å². The summed E-state index contributed by atoms with van der Waals surface area (Å²) >= 11 is 0. The van der Waals surface area contributed by atoms with Gasteiger partial charge in [-0.3, -0.25) is 0 Å². The number of rotatable bonds is 7. The van der Waals surface area contributed by atoms with Crippen LogP contribution in [0.1, 0.15) is 30.9 Å². The van der Waals surface area contributed by atoms with Gasteiger partial charge in [0.15, 0.2) is 5.96 Å². The average Bonchev–Trinajstić information content (AvgIpc) is 2.74. The van der Waals surface area contributed by atoms with Gasteiger partial charge >= 0.3 is 0 Å². The number of hydrogen-bond donors (Lipinski definition) is 1. The number of piperidine rings is 1. The maximum absolute atomic E-state index is 6.11. The Morgan fingerprint density at radius 2 is 1.71 bits per heavy atom. The normalized spacial score (nSPS) is 15.5. The van der Waals surface area contributed by atoms with Crippen LogP contribution in [0.15, 0.2) is 59.6 Å². The number of benzene rings is 2. The highest BCUT2D eigenvalue weighted by Crippen LogP contribution is 2.19. The molecule has 28 heavy (non-hydrogen) atoms. The van der Waals surface area contributed by atoms with Gasteiger partial charge in [-0.05, 0) is 30.2 Å². The standard InChI is InChI=1S/C23H31N3O2/c1-3-24-23(25-17-19-9-11-20(12-10-19)18-27-2)26-15-13-22(14-16-26)28-21-7-5-4-6-8-21/h4-12,22H,3,13-18H2,1-2H3,(H,24,25). The molecule has 3 rings (SSSR count). The first-order valence-corrected chi connectivity index (χ1v) is 10.1. The molecule has 1 heterocycles. The Labute approximate surface area is 168 Å². The van der Waals surface area contributed by atoms with Gasteiger partial charge in [0.1, 0.15) is 11.9 Å². The van der Waals surface area contributed by atoms with Gasteiger partial charge in [0, 0.05) is 39.6 Å². The van der Waals surface area contributed by atoms with Crippen molar-refractivity contribution in [2.45, 2.75) is 39.0 Å². The third-order valence-corrected chi connectivity index (χ3v) is 4.87. The molecule has 0 unspecified atom stereocenters. The molecule has 1 aliphatic heterocycles. The van der Waals surface area contributed by atoms with E-state index in [4.69, 9.17) is 14.5 Å². The van der Waals surface area contributed by atoms with Crippen LogP contribution in [0, 0.1) is 0 Å². The van der Waals surface area contributed by atoms with Crippen LogP contribution in [0.4, 0.5) is 0 Å². The summed E-state index contributed by atoms with van der Waals surface area (Å²) in [5.41, 5.74) is 2.39. The number of hydrogen-bond acceptors (Lipinski definition) is 3. The average molecular weight is 382 g/mol. The molecular weight excluding hydrogens is 350 g/mol. The molecular formula is C23H31N3O2. The Morgan fingerprint density at radius 3 is 2.36 bits per heavy atom. The Bertz CT molecular complexity index is 723. The van der Waals surface area contributed by atoms with E-state index in [1.165, 1.54) is 11.1 Å². The minimum absolute atomic E-state index is 0.273. The van der Waals surface area contributed by atoms with E-state index in [0.717, 1.165) is 44.2 Å². The number of guanidine groups is 1. The molecule has 0 saturated carbocycles. The molecule has 0 radical (unpaired) electrons. The first-order valence-electron chi connectivity index (χ1n) is 10.1. The van der Waals surface area contributed by atoms with E-state index in [0.29, 0.717) is 13.2 Å². The van der Waals surface area contributed by atoms with Crippen molar-refractivity contribution >= 4 is 5.96 Å². The van der Waals surface area contributed by atoms with Gasteiger partial charge in [0.25, 0.3) is 0 Å². The maximum Gasteiger partial charge on any atom is 0.194 e. The molecule has 0 bridgehead atoms. The van der Waals surface area contributed by atoms with Crippen molar-refractivity contribution < 1.29 is 9.47 Å². The zero-order chi connectivity index (χ0) is 19.6. The lowest BCUT2D eigenvalue weighted by Gasteiger charge is -2.34. The summed E-state index contributed by atoms with van der Waals surface area (Å²) in [6.07, 6.45) is 2.28. The van der Waals surface area contributed by atoms with Crippen molar-refractivity contribution in [2.24, 2.45) is 4.99 Å². The van der Waals surface area contributed by atoms with Crippen LogP contribution in [-0.4, -0.2) is 43.7 Å². The number of para-hydroxylation sites is 1. The van der Waals surface area contributed by atoms with Crippen LogP contribution in [0.25, 0.3) is 0 Å². The minimum Gasteiger partial charge on any atom is -0.490 e. The quantitative estimate of drug-likeness (QED) is 0.585. The first kappa shape index (κ1) is 20.2. The summed E-state index contributed by atoms with van der Waals surface area (Å²) in [6, 6.07) is 18.6. The predicted molar refractivity (Wildman–Crippen MR) is 114 cm³/mol. The molecule has 5 heteroatoms. The van der Waals surface area contributed by atoms with Gasteiger partial charge in [0.05, 0.1) is 13.2 Å². The van der Waals surface area contributed by atoms with Gasteiger partial charge in [-0.25, -0.2) is 4.99 Å². The summed E-state index contributed by atoms with van der Waals surface area (Å²) in [5.74, 6) is 1.94. The summed E-state index contributed by atoms with van der Waals surface area (Å²) < 4.78 is 11.3. The molecule has 1 N–H and O–H groups in total. The summed E-state index contributed by atoms with van der Waals surface area (Å²) in [6.45, 7) is 6.21. The van der Waals surface area contributed by atoms with Gasteiger partial charge in [-0.15, -0.1) is 0 Å². The minimum atomic E-state index is 0.273. The molecule has 0 spiro atoms. The molecule has 0 aliphatic carbocycles. The third-order valence-electron chi connectivity index (χ3n) is 4.87. The topological polar surface area (TPSA) is 46.1 Å². The molecule has 1 fully saturated rings.